The van der Waals surface area contributed by atoms with E-state index in [0.717, 1.165) is 12.8 Å². The monoisotopic (exact) mass is 450 g/mol. The third-order valence-electron chi connectivity index (χ3n) is 4.96. The number of hydrogen-bond acceptors (Lipinski definition) is 5. The van der Waals surface area contributed by atoms with E-state index in [-0.39, 0.29) is 34.1 Å². The first kappa shape index (κ1) is 22.9. The van der Waals surface area contributed by atoms with Gasteiger partial charge in [0.15, 0.2) is 0 Å². The Morgan fingerprint density at radius 2 is 2.03 bits per heavy atom. The zero-order valence-electron chi connectivity index (χ0n) is 17.5. The molecule has 2 aromatic heterocycles. The fourth-order valence-corrected chi connectivity index (χ4v) is 3.84. The highest BCUT2D eigenvalue weighted by Gasteiger charge is 2.33. The van der Waals surface area contributed by atoms with Crippen molar-refractivity contribution >= 4 is 34.9 Å². The number of carbonyl (C=O) groups excluding carboxylic acids is 3. The molecule has 31 heavy (non-hydrogen) atoms. The second-order valence-electron chi connectivity index (χ2n) is 8.20. The number of aromatic nitrogens is 2. The van der Waals surface area contributed by atoms with Gasteiger partial charge in [0, 0.05) is 24.3 Å². The lowest BCUT2D eigenvalue weighted by Crippen LogP contribution is -2.41. The van der Waals surface area contributed by atoms with Crippen molar-refractivity contribution in [2.75, 3.05) is 11.9 Å². The minimum atomic E-state index is -1.19. The molecule has 0 radical (unpaired) electrons. The molecule has 0 saturated carbocycles. The van der Waals surface area contributed by atoms with Crippen molar-refractivity contribution < 1.29 is 23.9 Å². The number of nitrogens with one attached hydrogen (secondary N) is 2. The van der Waals surface area contributed by atoms with Gasteiger partial charge >= 0.3 is 0 Å². The number of pyridine rings is 1. The van der Waals surface area contributed by atoms with Crippen LogP contribution >= 0.6 is 11.6 Å². The molecule has 0 saturated heterocycles. The van der Waals surface area contributed by atoms with E-state index in [0.29, 0.717) is 18.7 Å². The summed E-state index contributed by atoms with van der Waals surface area (Å²) in [6.45, 7) is 4.84. The summed E-state index contributed by atoms with van der Waals surface area (Å²) in [6.07, 6.45) is 3.27. The van der Waals surface area contributed by atoms with Crippen LogP contribution in [0.3, 0.4) is 0 Å². The maximum atomic E-state index is 13.4. The Balaban J connectivity index is 1.94. The van der Waals surface area contributed by atoms with Crippen molar-refractivity contribution in [1.82, 2.24) is 14.9 Å². The summed E-state index contributed by atoms with van der Waals surface area (Å²) >= 11 is 6.46. The van der Waals surface area contributed by atoms with Crippen LogP contribution in [0, 0.1) is 12.9 Å². The SMILES string of the molecule is Cc1cc(NC(=O)c2c(Cl)c(C(=O)C(=O)NCC(C)(C)O)n3c2CCCC3)cnc1F. The molecule has 8 nitrogen and oxygen atoms in total. The smallest absolute Gasteiger partial charge is 0.294 e. The van der Waals surface area contributed by atoms with Gasteiger partial charge in [0.1, 0.15) is 5.69 Å². The number of anilines is 1. The summed E-state index contributed by atoms with van der Waals surface area (Å²) < 4.78 is 15.0. The second kappa shape index (κ2) is 8.76. The zero-order chi connectivity index (χ0) is 22.9. The van der Waals surface area contributed by atoms with E-state index < -0.39 is 29.1 Å². The molecule has 0 aromatic carbocycles. The molecule has 0 fully saturated rings. The fourth-order valence-electron chi connectivity index (χ4n) is 3.46. The molecule has 3 heterocycles. The molecule has 1 aliphatic heterocycles. The normalized spacial score (nSPS) is 13.5. The second-order valence-corrected chi connectivity index (χ2v) is 8.58. The van der Waals surface area contributed by atoms with E-state index in [1.807, 2.05) is 0 Å². The van der Waals surface area contributed by atoms with Crippen LogP contribution in [0.4, 0.5) is 10.1 Å². The number of fused-ring (bicyclic) bond motifs is 1. The Labute approximate surface area is 183 Å². The van der Waals surface area contributed by atoms with E-state index in [1.54, 1.807) is 4.57 Å². The van der Waals surface area contributed by atoms with Gasteiger partial charge in [-0.3, -0.25) is 14.4 Å². The van der Waals surface area contributed by atoms with Crippen LogP contribution in [0.2, 0.25) is 5.02 Å². The summed E-state index contributed by atoms with van der Waals surface area (Å²) in [5.74, 6) is -3.00. The summed E-state index contributed by atoms with van der Waals surface area (Å²) in [5, 5.41) is 14.7. The topological polar surface area (TPSA) is 113 Å². The number of rotatable bonds is 6. The van der Waals surface area contributed by atoms with Crippen molar-refractivity contribution in [2.45, 2.75) is 52.2 Å². The van der Waals surface area contributed by atoms with Gasteiger partial charge in [-0.2, -0.15) is 4.39 Å². The third-order valence-corrected chi connectivity index (χ3v) is 5.33. The van der Waals surface area contributed by atoms with Crippen molar-refractivity contribution in [3.05, 3.63) is 45.7 Å². The summed E-state index contributed by atoms with van der Waals surface area (Å²) in [7, 11) is 0. The molecule has 0 aliphatic carbocycles. The number of carbonyl (C=O) groups is 3. The molecule has 1 aliphatic rings. The first-order valence-corrected chi connectivity index (χ1v) is 10.3. The number of aliphatic hydroxyl groups is 1. The third kappa shape index (κ3) is 4.94. The van der Waals surface area contributed by atoms with Crippen LogP contribution < -0.4 is 10.6 Å². The van der Waals surface area contributed by atoms with Gasteiger partial charge in [-0.15, -0.1) is 0 Å². The van der Waals surface area contributed by atoms with Crippen molar-refractivity contribution in [3.8, 4) is 0 Å². The Morgan fingerprint density at radius 3 is 2.68 bits per heavy atom. The van der Waals surface area contributed by atoms with Crippen molar-refractivity contribution in [2.24, 2.45) is 0 Å². The number of aryl methyl sites for hydroxylation is 1. The average molecular weight is 451 g/mol. The number of halogens is 2. The number of ketones is 1. The van der Waals surface area contributed by atoms with Gasteiger partial charge in [0.25, 0.3) is 17.6 Å². The number of hydrogen-bond donors (Lipinski definition) is 3. The fraction of sp³-hybridized carbons (Fsp3) is 0.429. The lowest BCUT2D eigenvalue weighted by Gasteiger charge is -2.19. The molecule has 0 spiro atoms. The van der Waals surface area contributed by atoms with Gasteiger partial charge in [-0.05, 0) is 46.1 Å². The van der Waals surface area contributed by atoms with Crippen LogP contribution in [0.5, 0.6) is 0 Å². The van der Waals surface area contributed by atoms with E-state index in [9.17, 15) is 23.9 Å². The molecule has 10 heteroatoms. The maximum absolute atomic E-state index is 13.4. The Morgan fingerprint density at radius 1 is 1.32 bits per heavy atom. The number of nitrogens with zero attached hydrogens (tertiary/aromatic N) is 2. The highest BCUT2D eigenvalue weighted by atomic mass is 35.5. The predicted octanol–water partition coefficient (Wildman–Crippen LogP) is 2.64. The molecular formula is C21H24ClFN4O4. The molecule has 2 aromatic rings. The van der Waals surface area contributed by atoms with Crippen LogP contribution in [0.1, 0.15) is 58.8 Å². The Bertz CT molecular complexity index is 1060. The average Bonchev–Trinajstić information content (AvgIpc) is 2.99. The molecule has 166 valence electrons. The minimum absolute atomic E-state index is 0.0526. The van der Waals surface area contributed by atoms with Gasteiger partial charge < -0.3 is 20.3 Å². The first-order chi connectivity index (χ1) is 14.5. The predicted molar refractivity (Wildman–Crippen MR) is 113 cm³/mol. The molecule has 2 amide bonds. The number of Topliss-reactive ketones (excluding diaryl/α,β-unsaturated/α-hetero) is 1. The van der Waals surface area contributed by atoms with Crippen molar-refractivity contribution in [1.29, 1.82) is 0 Å². The first-order valence-electron chi connectivity index (χ1n) is 9.89. The lowest BCUT2D eigenvalue weighted by atomic mass is 10.1. The van der Waals surface area contributed by atoms with Gasteiger partial charge in [0.05, 0.1) is 28.1 Å². The van der Waals surface area contributed by atoms with E-state index in [2.05, 4.69) is 15.6 Å². The van der Waals surface area contributed by atoms with E-state index in [1.165, 1.54) is 33.0 Å². The standard InChI is InChI=1S/C21H24ClFN4O4/c1-11-8-12(9-24-18(11)23)26-19(29)14-13-6-4-5-7-27(13)16(15(14)22)17(28)20(30)25-10-21(2,3)31/h8-9,31H,4-7,10H2,1-3H3,(H,25,30)(H,26,29). The summed E-state index contributed by atoms with van der Waals surface area (Å²) in [6, 6.07) is 1.44. The maximum Gasteiger partial charge on any atom is 0.294 e. The van der Waals surface area contributed by atoms with Crippen molar-refractivity contribution in [3.63, 3.8) is 0 Å². The highest BCUT2D eigenvalue weighted by molar-refractivity contribution is 6.48. The quantitative estimate of drug-likeness (QED) is 0.355. The van der Waals surface area contributed by atoms with Crippen LogP contribution in [0.15, 0.2) is 12.3 Å². The number of amides is 2. The van der Waals surface area contributed by atoms with Gasteiger partial charge in [0.2, 0.25) is 5.95 Å². The van der Waals surface area contributed by atoms with Gasteiger partial charge in [-0.25, -0.2) is 4.98 Å². The molecular weight excluding hydrogens is 427 g/mol. The minimum Gasteiger partial charge on any atom is -0.389 e. The largest absolute Gasteiger partial charge is 0.389 e. The lowest BCUT2D eigenvalue weighted by molar-refractivity contribution is -0.118. The molecule has 0 bridgehead atoms. The zero-order valence-corrected chi connectivity index (χ0v) is 18.3. The Hall–Kier alpha value is -2.78. The summed E-state index contributed by atoms with van der Waals surface area (Å²) in [5.41, 5.74) is -0.0111. The van der Waals surface area contributed by atoms with Gasteiger partial charge in [-0.1, -0.05) is 11.6 Å². The van der Waals surface area contributed by atoms with E-state index in [4.69, 9.17) is 11.6 Å². The molecule has 0 unspecified atom stereocenters. The van der Waals surface area contributed by atoms with Crippen LogP contribution in [-0.2, 0) is 17.8 Å². The Kier molecular flexibility index (Phi) is 6.47. The highest BCUT2D eigenvalue weighted by Crippen LogP contribution is 2.33. The van der Waals surface area contributed by atoms with E-state index >= 15 is 0 Å². The molecule has 3 rings (SSSR count). The van der Waals surface area contributed by atoms with Crippen LogP contribution in [-0.4, -0.2) is 44.4 Å². The van der Waals surface area contributed by atoms with Crippen LogP contribution in [0.25, 0.3) is 0 Å². The summed E-state index contributed by atoms with van der Waals surface area (Å²) in [4.78, 5) is 41.8. The molecule has 0 atom stereocenters. The molecule has 3 N–H and O–H groups in total.